The van der Waals surface area contributed by atoms with Crippen LogP contribution in [0.2, 0.25) is 0 Å². The zero-order valence-electron chi connectivity index (χ0n) is 11.4. The lowest BCUT2D eigenvalue weighted by molar-refractivity contribution is -0.129. The van der Waals surface area contributed by atoms with Gasteiger partial charge in [0, 0.05) is 32.4 Å². The van der Waals surface area contributed by atoms with E-state index < -0.39 is 11.4 Å². The van der Waals surface area contributed by atoms with Crippen LogP contribution in [-0.4, -0.2) is 47.4 Å². The normalized spacial score (nSPS) is 17.4. The molecule has 0 bridgehead atoms. The molecule has 0 spiro atoms. The summed E-state index contributed by atoms with van der Waals surface area (Å²) < 4.78 is 13.5. The lowest BCUT2D eigenvalue weighted by Gasteiger charge is -2.40. The molecule has 19 heavy (non-hydrogen) atoms. The molecule has 0 amide bonds. The van der Waals surface area contributed by atoms with Gasteiger partial charge in [0.25, 0.3) is 0 Å². The molecule has 1 saturated heterocycles. The van der Waals surface area contributed by atoms with Gasteiger partial charge in [0.1, 0.15) is 5.82 Å². The van der Waals surface area contributed by atoms with E-state index in [1.54, 1.807) is 0 Å². The quantitative estimate of drug-likeness (QED) is 0.883. The van der Waals surface area contributed by atoms with Crippen molar-refractivity contribution in [2.45, 2.75) is 25.8 Å². The standard InChI is InChI=1S/C14H20FN3O/c1-14(2,18-8-6-16-7-9-18)13(19)10-12-11(15)4-3-5-17-12/h3-5,16H,6-10H2,1-2H3. The number of hydrogen-bond acceptors (Lipinski definition) is 4. The summed E-state index contributed by atoms with van der Waals surface area (Å²) in [4.78, 5) is 18.5. The molecule has 1 aromatic heterocycles. The molecule has 104 valence electrons. The van der Waals surface area contributed by atoms with E-state index in [2.05, 4.69) is 15.2 Å². The third-order valence-corrected chi connectivity index (χ3v) is 3.75. The lowest BCUT2D eigenvalue weighted by Crippen LogP contribution is -2.57. The minimum atomic E-state index is -0.577. The number of halogens is 1. The minimum absolute atomic E-state index is 0.00648. The second-order valence-electron chi connectivity index (χ2n) is 5.33. The molecule has 4 nitrogen and oxygen atoms in total. The highest BCUT2D eigenvalue weighted by Gasteiger charge is 2.35. The van der Waals surface area contributed by atoms with Gasteiger partial charge in [0.15, 0.2) is 5.78 Å². The van der Waals surface area contributed by atoms with Crippen LogP contribution in [0.4, 0.5) is 4.39 Å². The van der Waals surface area contributed by atoms with Crippen LogP contribution < -0.4 is 5.32 Å². The zero-order valence-corrected chi connectivity index (χ0v) is 11.4. The van der Waals surface area contributed by atoms with E-state index in [9.17, 15) is 9.18 Å². The highest BCUT2D eigenvalue weighted by atomic mass is 19.1. The van der Waals surface area contributed by atoms with E-state index in [-0.39, 0.29) is 17.9 Å². The van der Waals surface area contributed by atoms with Crippen LogP contribution in [0, 0.1) is 5.82 Å². The van der Waals surface area contributed by atoms with Gasteiger partial charge >= 0.3 is 0 Å². The summed E-state index contributed by atoms with van der Waals surface area (Å²) in [6.07, 6.45) is 1.56. The molecule has 1 N–H and O–H groups in total. The fourth-order valence-corrected chi connectivity index (χ4v) is 2.32. The Balaban J connectivity index is 2.08. The van der Waals surface area contributed by atoms with Crippen molar-refractivity contribution >= 4 is 5.78 Å². The summed E-state index contributed by atoms with van der Waals surface area (Å²) >= 11 is 0. The molecule has 1 aliphatic heterocycles. The number of ketones is 1. The van der Waals surface area contributed by atoms with Crippen LogP contribution in [0.25, 0.3) is 0 Å². The SMILES string of the molecule is CC(C)(C(=O)Cc1ncccc1F)N1CCNCC1. The van der Waals surface area contributed by atoms with Gasteiger partial charge in [-0.3, -0.25) is 14.7 Å². The average molecular weight is 265 g/mol. The molecule has 1 aromatic rings. The highest BCUT2D eigenvalue weighted by molar-refractivity contribution is 5.89. The smallest absolute Gasteiger partial charge is 0.158 e. The first-order valence-electron chi connectivity index (χ1n) is 6.60. The number of piperazine rings is 1. The first kappa shape index (κ1) is 14.1. The van der Waals surface area contributed by atoms with E-state index >= 15 is 0 Å². The number of carbonyl (C=O) groups is 1. The van der Waals surface area contributed by atoms with Crippen molar-refractivity contribution in [1.82, 2.24) is 15.2 Å². The van der Waals surface area contributed by atoms with Crippen molar-refractivity contribution in [3.63, 3.8) is 0 Å². The van der Waals surface area contributed by atoms with E-state index in [0.29, 0.717) is 0 Å². The summed E-state index contributed by atoms with van der Waals surface area (Å²) in [6.45, 7) is 7.25. The van der Waals surface area contributed by atoms with E-state index in [4.69, 9.17) is 0 Å². The summed E-state index contributed by atoms with van der Waals surface area (Å²) in [5.74, 6) is -0.404. The van der Waals surface area contributed by atoms with Gasteiger partial charge in [0.2, 0.25) is 0 Å². The van der Waals surface area contributed by atoms with Crippen LogP contribution in [-0.2, 0) is 11.2 Å². The Morgan fingerprint density at radius 3 is 2.79 bits per heavy atom. The fraction of sp³-hybridized carbons (Fsp3) is 0.571. The third kappa shape index (κ3) is 3.16. The van der Waals surface area contributed by atoms with Gasteiger partial charge in [-0.2, -0.15) is 0 Å². The molecule has 2 rings (SSSR count). The van der Waals surface area contributed by atoms with Crippen molar-refractivity contribution < 1.29 is 9.18 Å². The minimum Gasteiger partial charge on any atom is -0.314 e. The number of hydrogen-bond donors (Lipinski definition) is 1. The lowest BCUT2D eigenvalue weighted by atomic mass is 9.92. The van der Waals surface area contributed by atoms with Crippen LogP contribution in [0.5, 0.6) is 0 Å². The maximum Gasteiger partial charge on any atom is 0.158 e. The molecule has 1 fully saturated rings. The van der Waals surface area contributed by atoms with Crippen molar-refractivity contribution in [3.05, 3.63) is 29.8 Å². The molecule has 1 aliphatic rings. The molecule has 5 heteroatoms. The summed E-state index contributed by atoms with van der Waals surface area (Å²) in [7, 11) is 0. The summed E-state index contributed by atoms with van der Waals surface area (Å²) in [5.41, 5.74) is -0.345. The largest absolute Gasteiger partial charge is 0.314 e. The van der Waals surface area contributed by atoms with E-state index in [1.165, 1.54) is 18.3 Å². The fourth-order valence-electron chi connectivity index (χ4n) is 2.32. The Kier molecular flexibility index (Phi) is 4.27. The number of nitrogens with one attached hydrogen (secondary N) is 1. The molecule has 2 heterocycles. The second kappa shape index (κ2) is 5.75. The maximum absolute atomic E-state index is 13.5. The predicted molar refractivity (Wildman–Crippen MR) is 71.4 cm³/mol. The molecular weight excluding hydrogens is 245 g/mol. The third-order valence-electron chi connectivity index (χ3n) is 3.75. The van der Waals surface area contributed by atoms with Crippen molar-refractivity contribution in [1.29, 1.82) is 0 Å². The van der Waals surface area contributed by atoms with Gasteiger partial charge in [-0.15, -0.1) is 0 Å². The van der Waals surface area contributed by atoms with Crippen LogP contribution in [0.3, 0.4) is 0 Å². The van der Waals surface area contributed by atoms with E-state index in [0.717, 1.165) is 26.2 Å². The van der Waals surface area contributed by atoms with Crippen LogP contribution in [0.1, 0.15) is 19.5 Å². The molecule has 0 aromatic carbocycles. The number of rotatable bonds is 4. The Labute approximate surface area is 113 Å². The number of aromatic nitrogens is 1. The summed E-state index contributed by atoms with van der Waals surface area (Å²) in [5, 5.41) is 3.26. The summed E-state index contributed by atoms with van der Waals surface area (Å²) in [6, 6.07) is 2.87. The first-order chi connectivity index (χ1) is 9.01. The number of pyridine rings is 1. The van der Waals surface area contributed by atoms with Gasteiger partial charge in [-0.25, -0.2) is 4.39 Å². The van der Waals surface area contributed by atoms with Crippen LogP contribution >= 0.6 is 0 Å². The topological polar surface area (TPSA) is 45.2 Å². The monoisotopic (exact) mass is 265 g/mol. The van der Waals surface area contributed by atoms with Gasteiger partial charge in [0.05, 0.1) is 17.7 Å². The van der Waals surface area contributed by atoms with Crippen molar-refractivity contribution in [2.24, 2.45) is 0 Å². The maximum atomic E-state index is 13.5. The average Bonchev–Trinajstić information content (AvgIpc) is 2.42. The molecule has 0 atom stereocenters. The van der Waals surface area contributed by atoms with Crippen molar-refractivity contribution in [3.8, 4) is 0 Å². The highest BCUT2D eigenvalue weighted by Crippen LogP contribution is 2.19. The van der Waals surface area contributed by atoms with Gasteiger partial charge in [-0.05, 0) is 26.0 Å². The molecule has 0 unspecified atom stereocenters. The second-order valence-corrected chi connectivity index (χ2v) is 5.33. The molecule has 0 saturated carbocycles. The Morgan fingerprint density at radius 1 is 1.47 bits per heavy atom. The van der Waals surface area contributed by atoms with E-state index in [1.807, 2.05) is 13.8 Å². The van der Waals surface area contributed by atoms with Crippen molar-refractivity contribution in [2.75, 3.05) is 26.2 Å². The Hall–Kier alpha value is -1.33. The zero-order chi connectivity index (χ0) is 13.9. The Bertz CT molecular complexity index is 456. The predicted octanol–water partition coefficient (Wildman–Crippen LogP) is 1.02. The number of nitrogens with zero attached hydrogens (tertiary/aromatic N) is 2. The first-order valence-corrected chi connectivity index (χ1v) is 6.60. The van der Waals surface area contributed by atoms with Gasteiger partial charge in [-0.1, -0.05) is 0 Å². The Morgan fingerprint density at radius 2 is 2.16 bits per heavy atom. The van der Waals surface area contributed by atoms with Crippen LogP contribution in [0.15, 0.2) is 18.3 Å². The molecule has 0 aliphatic carbocycles. The number of carbonyl (C=O) groups excluding carboxylic acids is 1. The molecular formula is C14H20FN3O. The molecule has 0 radical (unpaired) electrons. The number of Topliss-reactive ketones (excluding diaryl/α,β-unsaturated/α-hetero) is 1. The van der Waals surface area contributed by atoms with Gasteiger partial charge < -0.3 is 5.32 Å².